The van der Waals surface area contributed by atoms with E-state index in [1.54, 1.807) is 6.92 Å². The fourth-order valence-corrected chi connectivity index (χ4v) is 2.36. The average Bonchev–Trinajstić information content (AvgIpc) is 2.56. The van der Waals surface area contributed by atoms with Gasteiger partial charge < -0.3 is 24.2 Å². The molecule has 1 aromatic rings. The Balaban J connectivity index is 2.62. The number of carbonyl (C=O) groups is 2. The summed E-state index contributed by atoms with van der Waals surface area (Å²) in [6, 6.07) is 2.94. The molecule has 0 saturated heterocycles. The minimum Gasteiger partial charge on any atom is -0.506 e. The number of carbonyl (C=O) groups excluding carboxylic acids is 2. The molecule has 1 aliphatic rings. The molecule has 0 amide bonds. The van der Waals surface area contributed by atoms with Crippen molar-refractivity contribution >= 4 is 29.2 Å². The van der Waals surface area contributed by atoms with Crippen molar-refractivity contribution in [3.05, 3.63) is 34.0 Å². The molecule has 1 N–H and O–H groups in total. The third-order valence-electron chi connectivity index (χ3n) is 3.38. The number of phenols is 1. The van der Waals surface area contributed by atoms with Gasteiger partial charge in [-0.3, -0.25) is 0 Å². The lowest BCUT2D eigenvalue weighted by atomic mass is 10.1. The molecule has 1 heterocycles. The molecule has 0 bridgehead atoms. The molecule has 0 aliphatic carbocycles. The molecule has 0 spiro atoms. The van der Waals surface area contributed by atoms with Crippen LogP contribution < -0.4 is 4.90 Å². The van der Waals surface area contributed by atoms with Gasteiger partial charge in [0.1, 0.15) is 18.2 Å². The van der Waals surface area contributed by atoms with Gasteiger partial charge in [0.25, 0.3) is 0 Å². The molecule has 0 saturated carbocycles. The Labute approximate surface area is 138 Å². The Hall–Kier alpha value is -2.25. The topological polar surface area (TPSA) is 85.3 Å². The number of hydrogen-bond donors (Lipinski definition) is 1. The van der Waals surface area contributed by atoms with Crippen LogP contribution in [0.3, 0.4) is 0 Å². The highest BCUT2D eigenvalue weighted by atomic mass is 35.5. The summed E-state index contributed by atoms with van der Waals surface area (Å²) < 4.78 is 14.7. The number of ether oxygens (including phenoxy) is 3. The molecule has 0 fully saturated rings. The quantitative estimate of drug-likeness (QED) is 0.838. The molecular formula is C15H16ClNO6. The minimum atomic E-state index is -0.746. The number of nitrogens with zero attached hydrogens (tertiary/aromatic N) is 1. The van der Waals surface area contributed by atoms with E-state index in [0.717, 1.165) is 0 Å². The average molecular weight is 342 g/mol. The second-order valence-electron chi connectivity index (χ2n) is 4.81. The minimum absolute atomic E-state index is 0.00157. The zero-order valence-electron chi connectivity index (χ0n) is 12.9. The molecular weight excluding hydrogens is 326 g/mol. The van der Waals surface area contributed by atoms with E-state index in [-0.39, 0.29) is 36.0 Å². The van der Waals surface area contributed by atoms with E-state index < -0.39 is 11.9 Å². The van der Waals surface area contributed by atoms with Crippen molar-refractivity contribution in [2.45, 2.75) is 6.92 Å². The Morgan fingerprint density at radius 2 is 1.91 bits per heavy atom. The predicted molar refractivity (Wildman–Crippen MR) is 82.2 cm³/mol. The van der Waals surface area contributed by atoms with E-state index in [4.69, 9.17) is 21.1 Å². The molecule has 0 unspecified atom stereocenters. The molecule has 8 heteroatoms. The smallest absolute Gasteiger partial charge is 0.355 e. The van der Waals surface area contributed by atoms with E-state index in [1.807, 2.05) is 0 Å². The fourth-order valence-electron chi connectivity index (χ4n) is 2.21. The van der Waals surface area contributed by atoms with Crippen LogP contribution in [0, 0.1) is 6.92 Å². The number of hydrogen-bond acceptors (Lipinski definition) is 7. The largest absolute Gasteiger partial charge is 0.506 e. The Morgan fingerprint density at radius 1 is 1.26 bits per heavy atom. The molecule has 0 atom stereocenters. The van der Waals surface area contributed by atoms with Crippen molar-refractivity contribution in [2.75, 3.05) is 32.5 Å². The van der Waals surface area contributed by atoms with Gasteiger partial charge in [0.15, 0.2) is 0 Å². The van der Waals surface area contributed by atoms with Gasteiger partial charge in [0.05, 0.1) is 32.1 Å². The first-order valence-corrected chi connectivity index (χ1v) is 7.02. The van der Waals surface area contributed by atoms with Crippen molar-refractivity contribution in [3.63, 3.8) is 0 Å². The van der Waals surface area contributed by atoms with Gasteiger partial charge >= 0.3 is 11.9 Å². The van der Waals surface area contributed by atoms with E-state index in [0.29, 0.717) is 10.6 Å². The van der Waals surface area contributed by atoms with Crippen LogP contribution in [-0.2, 0) is 23.8 Å². The standard InChI is InChI=1S/C15H16ClNO6/c1-8-4-12(18)11(5-10(8)16)17-7-23-6-9(14(19)21-2)13(17)15(20)22-3/h4-5,18H,6-7H2,1-3H3. The molecule has 0 radical (unpaired) electrons. The number of rotatable bonds is 3. The van der Waals surface area contributed by atoms with Gasteiger partial charge in [-0.2, -0.15) is 0 Å². The summed E-state index contributed by atoms with van der Waals surface area (Å²) in [6.45, 7) is 1.57. The second kappa shape index (κ2) is 6.89. The number of halogens is 1. The highest BCUT2D eigenvalue weighted by Gasteiger charge is 2.33. The third kappa shape index (κ3) is 3.25. The summed E-state index contributed by atoms with van der Waals surface area (Å²) in [5.41, 5.74) is 0.840. The van der Waals surface area contributed by atoms with Crippen LogP contribution >= 0.6 is 11.6 Å². The van der Waals surface area contributed by atoms with Crippen LogP contribution in [0.25, 0.3) is 0 Å². The number of esters is 2. The van der Waals surface area contributed by atoms with Crippen molar-refractivity contribution in [1.29, 1.82) is 0 Å². The maximum atomic E-state index is 12.1. The first-order chi connectivity index (χ1) is 10.9. The molecule has 1 aromatic carbocycles. The van der Waals surface area contributed by atoms with Crippen molar-refractivity contribution in [2.24, 2.45) is 0 Å². The van der Waals surface area contributed by atoms with Gasteiger partial charge in [0, 0.05) is 5.02 Å². The molecule has 2 rings (SSSR count). The number of anilines is 1. The van der Waals surface area contributed by atoms with Crippen molar-refractivity contribution in [1.82, 2.24) is 0 Å². The normalized spacial score (nSPS) is 14.7. The van der Waals surface area contributed by atoms with E-state index in [1.165, 1.54) is 31.3 Å². The molecule has 0 aromatic heterocycles. The summed E-state index contributed by atoms with van der Waals surface area (Å²) in [5.74, 6) is -1.57. The predicted octanol–water partition coefficient (Wildman–Crippen LogP) is 1.75. The number of aryl methyl sites for hydroxylation is 1. The number of aromatic hydroxyl groups is 1. The van der Waals surface area contributed by atoms with Crippen LogP contribution in [0.1, 0.15) is 5.56 Å². The van der Waals surface area contributed by atoms with Crippen molar-refractivity contribution < 1.29 is 28.9 Å². The van der Waals surface area contributed by atoms with Crippen LogP contribution in [0.2, 0.25) is 5.02 Å². The zero-order valence-corrected chi connectivity index (χ0v) is 13.6. The Bertz CT molecular complexity index is 685. The number of phenolic OH excluding ortho intramolecular Hbond substituents is 1. The lowest BCUT2D eigenvalue weighted by Gasteiger charge is -2.31. The summed E-state index contributed by atoms with van der Waals surface area (Å²) in [5, 5.41) is 10.6. The molecule has 23 heavy (non-hydrogen) atoms. The zero-order chi connectivity index (χ0) is 17.1. The first-order valence-electron chi connectivity index (χ1n) is 6.64. The third-order valence-corrected chi connectivity index (χ3v) is 3.79. The van der Waals surface area contributed by atoms with Gasteiger partial charge in [-0.15, -0.1) is 0 Å². The monoisotopic (exact) mass is 341 g/mol. The highest BCUT2D eigenvalue weighted by Crippen LogP contribution is 2.37. The van der Waals surface area contributed by atoms with Crippen LogP contribution in [0.4, 0.5) is 5.69 Å². The lowest BCUT2D eigenvalue weighted by Crippen LogP contribution is -2.38. The molecule has 7 nitrogen and oxygen atoms in total. The van der Waals surface area contributed by atoms with Gasteiger partial charge in [-0.25, -0.2) is 9.59 Å². The molecule has 124 valence electrons. The first kappa shape index (κ1) is 17.1. The second-order valence-corrected chi connectivity index (χ2v) is 5.21. The number of benzene rings is 1. The summed E-state index contributed by atoms with van der Waals surface area (Å²) in [7, 11) is 2.39. The van der Waals surface area contributed by atoms with E-state index in [9.17, 15) is 14.7 Å². The van der Waals surface area contributed by atoms with Crippen molar-refractivity contribution in [3.8, 4) is 5.75 Å². The summed E-state index contributed by atoms with van der Waals surface area (Å²) >= 11 is 6.09. The van der Waals surface area contributed by atoms with Gasteiger partial charge in [-0.1, -0.05) is 11.6 Å². The lowest BCUT2D eigenvalue weighted by molar-refractivity contribution is -0.140. The SMILES string of the molecule is COC(=O)C1=C(C(=O)OC)N(c2cc(Cl)c(C)cc2O)COC1. The van der Waals surface area contributed by atoms with Crippen LogP contribution in [0.5, 0.6) is 5.75 Å². The Morgan fingerprint density at radius 3 is 2.52 bits per heavy atom. The van der Waals surface area contributed by atoms with E-state index >= 15 is 0 Å². The van der Waals surface area contributed by atoms with Gasteiger partial charge in [0.2, 0.25) is 0 Å². The fraction of sp³-hybridized carbons (Fsp3) is 0.333. The maximum absolute atomic E-state index is 12.1. The van der Waals surface area contributed by atoms with Crippen LogP contribution in [-0.4, -0.2) is 44.6 Å². The van der Waals surface area contributed by atoms with Crippen LogP contribution in [0.15, 0.2) is 23.4 Å². The number of methoxy groups -OCH3 is 2. The molecule has 1 aliphatic heterocycles. The summed E-state index contributed by atoms with van der Waals surface area (Å²) in [4.78, 5) is 25.4. The van der Waals surface area contributed by atoms with Gasteiger partial charge in [-0.05, 0) is 24.6 Å². The van der Waals surface area contributed by atoms with E-state index in [2.05, 4.69) is 4.74 Å². The Kier molecular flexibility index (Phi) is 5.12. The maximum Gasteiger partial charge on any atom is 0.355 e. The summed E-state index contributed by atoms with van der Waals surface area (Å²) in [6.07, 6.45) is 0. The highest BCUT2D eigenvalue weighted by molar-refractivity contribution is 6.31.